The van der Waals surface area contributed by atoms with Gasteiger partial charge in [0.05, 0.1) is 22.6 Å². The van der Waals surface area contributed by atoms with E-state index in [-0.39, 0.29) is 48.5 Å². The van der Waals surface area contributed by atoms with Crippen LogP contribution in [-0.2, 0) is 16.2 Å². The molecule has 1 aliphatic carbocycles. The molecule has 2 saturated heterocycles. The Kier molecular flexibility index (Phi) is 6.12. The topological polar surface area (TPSA) is 73.8 Å². The number of halogens is 4. The van der Waals surface area contributed by atoms with E-state index in [4.69, 9.17) is 0 Å². The van der Waals surface area contributed by atoms with E-state index in [1.54, 1.807) is 6.92 Å². The maximum Gasteiger partial charge on any atom is 0.417 e. The summed E-state index contributed by atoms with van der Waals surface area (Å²) < 4.78 is 80.2. The molecule has 1 amide bonds. The van der Waals surface area contributed by atoms with Crippen molar-refractivity contribution in [2.24, 2.45) is 5.92 Å². The highest BCUT2D eigenvalue weighted by molar-refractivity contribution is 7.93. The van der Waals surface area contributed by atoms with Gasteiger partial charge in [0.1, 0.15) is 11.6 Å². The molecule has 1 saturated carbocycles. The average Bonchev–Trinajstić information content (AvgIpc) is 3.62. The summed E-state index contributed by atoms with van der Waals surface area (Å²) in [5.74, 6) is -0.821. The maximum absolute atomic E-state index is 14.9. The SMILES string of the molecule is C[C@H]1CN(c2ccc(C(=O)N3CCN(c4ncc(C(F)(F)F)cc4C4CC4)CC3)c(F)c2)S(=O)(=O)C1. The van der Waals surface area contributed by atoms with E-state index >= 15 is 0 Å². The van der Waals surface area contributed by atoms with Crippen molar-refractivity contribution in [1.29, 1.82) is 0 Å². The monoisotopic (exact) mass is 526 g/mol. The van der Waals surface area contributed by atoms with Crippen LogP contribution in [-0.4, -0.2) is 62.7 Å². The second-order valence-corrected chi connectivity index (χ2v) is 11.7. The molecule has 7 nitrogen and oxygen atoms in total. The molecule has 12 heteroatoms. The fourth-order valence-electron chi connectivity index (χ4n) is 4.88. The van der Waals surface area contributed by atoms with Crippen molar-refractivity contribution in [3.8, 4) is 0 Å². The van der Waals surface area contributed by atoms with Gasteiger partial charge in [-0.3, -0.25) is 9.10 Å². The Morgan fingerprint density at radius 1 is 1.08 bits per heavy atom. The minimum atomic E-state index is -4.46. The summed E-state index contributed by atoms with van der Waals surface area (Å²) in [7, 11) is -3.51. The summed E-state index contributed by atoms with van der Waals surface area (Å²) in [4.78, 5) is 20.5. The van der Waals surface area contributed by atoms with E-state index in [1.165, 1.54) is 27.4 Å². The number of rotatable bonds is 4. The lowest BCUT2D eigenvalue weighted by molar-refractivity contribution is -0.137. The van der Waals surface area contributed by atoms with Gasteiger partial charge in [-0.1, -0.05) is 6.92 Å². The number of anilines is 2. The Hall–Kier alpha value is -2.89. The number of nitrogens with zero attached hydrogens (tertiary/aromatic N) is 4. The molecular formula is C24H26F4N4O3S. The first-order chi connectivity index (χ1) is 16.9. The number of piperazine rings is 1. The molecule has 2 aliphatic heterocycles. The molecule has 0 unspecified atom stereocenters. The number of carbonyl (C=O) groups excluding carboxylic acids is 1. The van der Waals surface area contributed by atoms with Gasteiger partial charge in [0, 0.05) is 38.9 Å². The molecule has 3 heterocycles. The minimum Gasteiger partial charge on any atom is -0.353 e. The van der Waals surface area contributed by atoms with Crippen LogP contribution in [0.3, 0.4) is 0 Å². The molecule has 0 radical (unpaired) electrons. The van der Waals surface area contributed by atoms with Gasteiger partial charge < -0.3 is 9.80 Å². The summed E-state index contributed by atoms with van der Waals surface area (Å²) in [6.07, 6.45) is -1.98. The fraction of sp³-hybridized carbons (Fsp3) is 0.500. The van der Waals surface area contributed by atoms with Gasteiger partial charge in [0.15, 0.2) is 0 Å². The molecule has 3 fully saturated rings. The highest BCUT2D eigenvalue weighted by Crippen LogP contribution is 2.45. The lowest BCUT2D eigenvalue weighted by Crippen LogP contribution is -2.49. The molecular weight excluding hydrogens is 500 g/mol. The lowest BCUT2D eigenvalue weighted by atomic mass is 10.1. The van der Waals surface area contributed by atoms with Crippen molar-refractivity contribution in [2.75, 3.05) is 47.7 Å². The molecule has 194 valence electrons. The normalized spacial score (nSPS) is 22.2. The number of carbonyl (C=O) groups is 1. The zero-order valence-corrected chi connectivity index (χ0v) is 20.4. The van der Waals surface area contributed by atoms with Crippen LogP contribution in [0.15, 0.2) is 30.5 Å². The van der Waals surface area contributed by atoms with Gasteiger partial charge in [-0.2, -0.15) is 13.2 Å². The first kappa shape index (κ1) is 24.8. The molecule has 1 aromatic heterocycles. The summed E-state index contributed by atoms with van der Waals surface area (Å²) >= 11 is 0. The zero-order valence-electron chi connectivity index (χ0n) is 19.6. The highest BCUT2D eigenvalue weighted by atomic mass is 32.2. The largest absolute Gasteiger partial charge is 0.417 e. The number of amides is 1. The van der Waals surface area contributed by atoms with Gasteiger partial charge in [-0.05, 0) is 54.5 Å². The smallest absolute Gasteiger partial charge is 0.353 e. The highest BCUT2D eigenvalue weighted by Gasteiger charge is 2.37. The van der Waals surface area contributed by atoms with Crippen molar-refractivity contribution in [2.45, 2.75) is 31.9 Å². The van der Waals surface area contributed by atoms with Crippen LogP contribution < -0.4 is 9.21 Å². The number of hydrogen-bond acceptors (Lipinski definition) is 5. The molecule has 0 spiro atoms. The fourth-order valence-corrected chi connectivity index (χ4v) is 6.80. The van der Waals surface area contributed by atoms with E-state index in [2.05, 4.69) is 4.98 Å². The Morgan fingerprint density at radius 2 is 1.78 bits per heavy atom. The van der Waals surface area contributed by atoms with Gasteiger partial charge in [0.2, 0.25) is 10.0 Å². The molecule has 3 aliphatic rings. The van der Waals surface area contributed by atoms with Crippen LogP contribution in [0.2, 0.25) is 0 Å². The van der Waals surface area contributed by atoms with E-state index in [1.807, 2.05) is 4.90 Å². The van der Waals surface area contributed by atoms with E-state index in [0.717, 1.165) is 25.1 Å². The van der Waals surface area contributed by atoms with Gasteiger partial charge >= 0.3 is 6.18 Å². The van der Waals surface area contributed by atoms with E-state index in [0.29, 0.717) is 24.5 Å². The van der Waals surface area contributed by atoms with Crippen molar-refractivity contribution in [1.82, 2.24) is 9.88 Å². The standard InChI is InChI=1S/C24H26F4N4O3S/c1-15-13-32(36(34,35)14-15)18-4-5-19(21(25)11-18)23(33)31-8-6-30(7-9-31)22-20(16-2-3-16)10-17(12-29-22)24(26,27)28/h4-5,10-12,15-16H,2-3,6-9,13-14H2,1H3/t15-/m0/s1. The first-order valence-electron chi connectivity index (χ1n) is 11.9. The maximum atomic E-state index is 14.9. The van der Waals surface area contributed by atoms with Crippen LogP contribution in [0.5, 0.6) is 0 Å². The molecule has 36 heavy (non-hydrogen) atoms. The first-order valence-corrected chi connectivity index (χ1v) is 13.5. The number of sulfonamides is 1. The second-order valence-electron chi connectivity index (χ2n) is 9.77. The van der Waals surface area contributed by atoms with Crippen LogP contribution in [0, 0.1) is 11.7 Å². The van der Waals surface area contributed by atoms with Gasteiger partial charge in [0.25, 0.3) is 5.91 Å². The Morgan fingerprint density at radius 3 is 2.33 bits per heavy atom. The molecule has 0 bridgehead atoms. The number of hydrogen-bond donors (Lipinski definition) is 0. The molecule has 1 atom stereocenters. The Bertz CT molecular complexity index is 1290. The van der Waals surface area contributed by atoms with Crippen molar-refractivity contribution in [3.63, 3.8) is 0 Å². The van der Waals surface area contributed by atoms with Gasteiger partial charge in [-0.25, -0.2) is 17.8 Å². The van der Waals surface area contributed by atoms with Crippen molar-refractivity contribution < 1.29 is 30.8 Å². The Balaban J connectivity index is 1.28. The quantitative estimate of drug-likeness (QED) is 0.566. The molecule has 1 aromatic carbocycles. The number of pyridine rings is 1. The van der Waals surface area contributed by atoms with E-state index < -0.39 is 33.5 Å². The molecule has 5 rings (SSSR count). The number of benzene rings is 1. The summed E-state index contributed by atoms with van der Waals surface area (Å²) in [5.41, 5.74) is -0.142. The second kappa shape index (κ2) is 8.89. The zero-order chi connectivity index (χ0) is 25.8. The summed E-state index contributed by atoms with van der Waals surface area (Å²) in [5, 5.41) is 0. The molecule has 0 N–H and O–H groups in total. The lowest BCUT2D eigenvalue weighted by Gasteiger charge is -2.36. The summed E-state index contributed by atoms with van der Waals surface area (Å²) in [6, 6.07) is 5.00. The van der Waals surface area contributed by atoms with Crippen molar-refractivity contribution >= 4 is 27.4 Å². The third kappa shape index (κ3) is 4.74. The average molecular weight is 527 g/mol. The Labute approximate surface area is 206 Å². The van der Waals surface area contributed by atoms with Crippen LogP contribution >= 0.6 is 0 Å². The predicted octanol–water partition coefficient (Wildman–Crippen LogP) is 3.87. The van der Waals surface area contributed by atoms with Crippen molar-refractivity contribution in [3.05, 3.63) is 53.0 Å². The number of aromatic nitrogens is 1. The summed E-state index contributed by atoms with van der Waals surface area (Å²) in [6.45, 7) is 3.29. The minimum absolute atomic E-state index is 0.00414. The van der Waals surface area contributed by atoms with Gasteiger partial charge in [-0.15, -0.1) is 0 Å². The third-order valence-electron chi connectivity index (χ3n) is 6.89. The van der Waals surface area contributed by atoms with Crippen LogP contribution in [0.4, 0.5) is 29.1 Å². The van der Waals surface area contributed by atoms with E-state index in [9.17, 15) is 30.8 Å². The van der Waals surface area contributed by atoms with Crippen LogP contribution in [0.1, 0.15) is 47.2 Å². The van der Waals surface area contributed by atoms with Crippen LogP contribution in [0.25, 0.3) is 0 Å². The number of alkyl halides is 3. The molecule has 2 aromatic rings. The third-order valence-corrected chi connectivity index (χ3v) is 8.91. The predicted molar refractivity (Wildman–Crippen MR) is 126 cm³/mol.